The summed E-state index contributed by atoms with van der Waals surface area (Å²) in [6, 6.07) is 2.01. The number of thioether (sulfide) groups is 1. The van der Waals surface area contributed by atoms with E-state index in [4.69, 9.17) is 4.42 Å². The Kier molecular flexibility index (Phi) is 5.71. The average Bonchev–Trinajstić information content (AvgIpc) is 2.84. The van der Waals surface area contributed by atoms with Crippen molar-refractivity contribution in [3.05, 3.63) is 23.8 Å². The molecule has 0 N–H and O–H groups in total. The summed E-state index contributed by atoms with van der Waals surface area (Å²) in [6.45, 7) is 4.30. The third kappa shape index (κ3) is 3.74. The van der Waals surface area contributed by atoms with Crippen molar-refractivity contribution in [2.75, 3.05) is 24.8 Å². The van der Waals surface area contributed by atoms with Crippen LogP contribution in [-0.4, -0.2) is 31.8 Å². The Bertz CT molecular complexity index is 579. The van der Waals surface area contributed by atoms with Crippen LogP contribution in [0.25, 0.3) is 0 Å². The Labute approximate surface area is 134 Å². The summed E-state index contributed by atoms with van der Waals surface area (Å²) < 4.78 is 10.4. The maximum Gasteiger partial charge on any atom is 0.333 e. The number of fused-ring (bicyclic) bond motifs is 1. The molecule has 2 heterocycles. The fourth-order valence-electron chi connectivity index (χ4n) is 2.47. The molecule has 2 rings (SSSR count). The minimum atomic E-state index is -0.466. The molecule has 0 saturated carbocycles. The normalized spacial score (nSPS) is 14.2. The molecule has 22 heavy (non-hydrogen) atoms. The minimum absolute atomic E-state index is 0.0461. The lowest BCUT2D eigenvalue weighted by Crippen LogP contribution is -2.31. The number of hydrogen-bond donors (Lipinski definition) is 0. The lowest BCUT2D eigenvalue weighted by Gasteiger charge is -2.19. The number of hydrogen-bond acceptors (Lipinski definition) is 5. The predicted molar refractivity (Wildman–Crippen MR) is 86.2 cm³/mol. The molecule has 6 heteroatoms. The number of rotatable bonds is 5. The van der Waals surface area contributed by atoms with E-state index in [1.165, 1.54) is 18.9 Å². The first-order valence-electron chi connectivity index (χ1n) is 7.30. The molecular formula is C16H21NO4S. The number of furan rings is 1. The Hall–Kier alpha value is -1.69. The van der Waals surface area contributed by atoms with Crippen molar-refractivity contribution < 1.29 is 18.7 Å². The summed E-state index contributed by atoms with van der Waals surface area (Å²) in [5, 5.41) is 0.823. The third-order valence-electron chi connectivity index (χ3n) is 3.70. The zero-order valence-corrected chi connectivity index (χ0v) is 13.8. The first kappa shape index (κ1) is 16.7. The number of methoxy groups -OCH3 is 1. The van der Waals surface area contributed by atoms with E-state index < -0.39 is 5.97 Å². The van der Waals surface area contributed by atoms with Gasteiger partial charge in [-0.25, -0.2) is 4.79 Å². The Morgan fingerprint density at radius 1 is 1.41 bits per heavy atom. The second-order valence-corrected chi connectivity index (χ2v) is 6.01. The molecule has 1 amide bonds. The van der Waals surface area contributed by atoms with Crippen molar-refractivity contribution in [3.63, 3.8) is 0 Å². The second kappa shape index (κ2) is 7.54. The molecule has 0 aromatic carbocycles. The summed E-state index contributed by atoms with van der Waals surface area (Å²) in [5.74, 6) is 0.151. The smallest absolute Gasteiger partial charge is 0.333 e. The van der Waals surface area contributed by atoms with Gasteiger partial charge in [0.05, 0.1) is 7.11 Å². The molecule has 1 aromatic rings. The number of esters is 1. The number of aryl methyl sites for hydroxylation is 1. The van der Waals surface area contributed by atoms with Gasteiger partial charge >= 0.3 is 5.97 Å². The van der Waals surface area contributed by atoms with Crippen LogP contribution in [0.4, 0.5) is 5.88 Å². The summed E-state index contributed by atoms with van der Waals surface area (Å²) in [7, 11) is 1.31. The van der Waals surface area contributed by atoms with Crippen LogP contribution in [0.2, 0.25) is 0 Å². The Morgan fingerprint density at radius 3 is 2.86 bits per heavy atom. The topological polar surface area (TPSA) is 59.8 Å². The maximum absolute atomic E-state index is 12.5. The number of nitrogens with zero attached hydrogens (tertiary/aromatic N) is 1. The van der Waals surface area contributed by atoms with Gasteiger partial charge in [-0.3, -0.25) is 9.69 Å². The standard InChI is InChI=1S/C16H21NO4S/c1-11(16(19)20-2)7-8-13(18)17-9-5-4-6-12-10-14(22-3)21-15(12)17/h10H,1,4-9H2,2-3H3. The van der Waals surface area contributed by atoms with Crippen molar-refractivity contribution >= 4 is 29.5 Å². The highest BCUT2D eigenvalue weighted by atomic mass is 32.2. The fraction of sp³-hybridized carbons (Fsp3) is 0.500. The van der Waals surface area contributed by atoms with Gasteiger partial charge in [0.1, 0.15) is 0 Å². The average molecular weight is 323 g/mol. The molecule has 1 aliphatic heterocycles. The molecule has 0 spiro atoms. The Balaban J connectivity index is 2.07. The quantitative estimate of drug-likeness (QED) is 0.473. The van der Waals surface area contributed by atoms with Crippen molar-refractivity contribution in [1.29, 1.82) is 0 Å². The largest absolute Gasteiger partial charge is 0.466 e. The lowest BCUT2D eigenvalue weighted by molar-refractivity contribution is -0.136. The maximum atomic E-state index is 12.5. The summed E-state index contributed by atoms with van der Waals surface area (Å²) in [4.78, 5) is 25.5. The van der Waals surface area contributed by atoms with E-state index in [0.29, 0.717) is 24.4 Å². The third-order valence-corrected chi connectivity index (χ3v) is 4.31. The highest BCUT2D eigenvalue weighted by Gasteiger charge is 2.25. The molecular weight excluding hydrogens is 302 g/mol. The van der Waals surface area contributed by atoms with Gasteiger partial charge in [0.2, 0.25) is 11.8 Å². The van der Waals surface area contributed by atoms with Gasteiger partial charge in [0, 0.05) is 24.1 Å². The van der Waals surface area contributed by atoms with Crippen LogP contribution in [0, 0.1) is 0 Å². The molecule has 5 nitrogen and oxygen atoms in total. The monoisotopic (exact) mass is 323 g/mol. The highest BCUT2D eigenvalue weighted by molar-refractivity contribution is 7.98. The van der Waals surface area contributed by atoms with E-state index in [1.807, 2.05) is 12.3 Å². The number of ether oxygens (including phenoxy) is 1. The van der Waals surface area contributed by atoms with Gasteiger partial charge in [-0.2, -0.15) is 0 Å². The molecule has 0 aliphatic carbocycles. The zero-order chi connectivity index (χ0) is 16.1. The first-order valence-corrected chi connectivity index (χ1v) is 8.52. The number of carbonyl (C=O) groups is 2. The van der Waals surface area contributed by atoms with E-state index in [0.717, 1.165) is 29.9 Å². The van der Waals surface area contributed by atoms with Crippen LogP contribution in [0.15, 0.2) is 27.7 Å². The van der Waals surface area contributed by atoms with Crippen molar-refractivity contribution in [2.24, 2.45) is 0 Å². The van der Waals surface area contributed by atoms with E-state index in [9.17, 15) is 9.59 Å². The van der Waals surface area contributed by atoms with Gasteiger partial charge in [-0.1, -0.05) is 18.3 Å². The molecule has 0 saturated heterocycles. The number of anilines is 1. The van der Waals surface area contributed by atoms with Crippen molar-refractivity contribution in [3.8, 4) is 0 Å². The van der Waals surface area contributed by atoms with E-state index >= 15 is 0 Å². The number of amides is 1. The molecule has 0 atom stereocenters. The summed E-state index contributed by atoms with van der Waals surface area (Å²) in [6.07, 6.45) is 5.39. The second-order valence-electron chi connectivity index (χ2n) is 5.20. The van der Waals surface area contributed by atoms with Crippen LogP contribution in [-0.2, 0) is 20.7 Å². The fourth-order valence-corrected chi connectivity index (χ4v) is 2.89. The number of carbonyl (C=O) groups excluding carboxylic acids is 2. The Morgan fingerprint density at radius 2 is 2.18 bits per heavy atom. The molecule has 0 radical (unpaired) electrons. The molecule has 0 bridgehead atoms. The minimum Gasteiger partial charge on any atom is -0.466 e. The first-order chi connectivity index (χ1) is 10.6. The summed E-state index contributed by atoms with van der Waals surface area (Å²) >= 11 is 1.53. The van der Waals surface area contributed by atoms with Gasteiger partial charge in [0.15, 0.2) is 5.09 Å². The van der Waals surface area contributed by atoms with Gasteiger partial charge in [-0.15, -0.1) is 0 Å². The van der Waals surface area contributed by atoms with Crippen molar-refractivity contribution in [1.82, 2.24) is 0 Å². The molecule has 0 fully saturated rings. The zero-order valence-electron chi connectivity index (χ0n) is 13.0. The summed E-state index contributed by atoms with van der Waals surface area (Å²) in [5.41, 5.74) is 1.40. The predicted octanol–water partition coefficient (Wildman–Crippen LogP) is 3.18. The van der Waals surface area contributed by atoms with Gasteiger partial charge in [-0.05, 0) is 38.0 Å². The van der Waals surface area contributed by atoms with Crippen LogP contribution < -0.4 is 4.90 Å². The van der Waals surface area contributed by atoms with E-state index in [2.05, 4.69) is 11.3 Å². The van der Waals surface area contributed by atoms with Crippen LogP contribution >= 0.6 is 11.8 Å². The van der Waals surface area contributed by atoms with Crippen LogP contribution in [0.1, 0.15) is 31.2 Å². The van der Waals surface area contributed by atoms with Crippen LogP contribution in [0.3, 0.4) is 0 Å². The van der Waals surface area contributed by atoms with E-state index in [-0.39, 0.29) is 12.3 Å². The van der Waals surface area contributed by atoms with E-state index in [1.54, 1.807) is 4.90 Å². The molecule has 0 unspecified atom stereocenters. The molecule has 1 aromatic heterocycles. The van der Waals surface area contributed by atoms with Crippen molar-refractivity contribution in [2.45, 2.75) is 37.2 Å². The van der Waals surface area contributed by atoms with Gasteiger partial charge in [0.25, 0.3) is 0 Å². The highest BCUT2D eigenvalue weighted by Crippen LogP contribution is 2.34. The SMILES string of the molecule is C=C(CCC(=O)N1CCCCc2cc(SC)oc21)C(=O)OC. The molecule has 1 aliphatic rings. The van der Waals surface area contributed by atoms with Crippen LogP contribution in [0.5, 0.6) is 0 Å². The van der Waals surface area contributed by atoms with Gasteiger partial charge < -0.3 is 9.15 Å². The molecule has 120 valence electrons. The lowest BCUT2D eigenvalue weighted by atomic mass is 10.1.